The minimum absolute atomic E-state index is 0.0468. The molecule has 20 heteroatoms. The summed E-state index contributed by atoms with van der Waals surface area (Å²) < 4.78 is 49.1. The van der Waals surface area contributed by atoms with Gasteiger partial charge in [0.15, 0.2) is 11.2 Å². The molecule has 0 aromatic rings. The molecule has 0 saturated heterocycles. The van der Waals surface area contributed by atoms with Crippen LogP contribution in [0.5, 0.6) is 0 Å². The van der Waals surface area contributed by atoms with Crippen molar-refractivity contribution < 1.29 is 81.7 Å². The number of esters is 2. The van der Waals surface area contributed by atoms with Crippen LogP contribution in [0.4, 0.5) is 0 Å². The van der Waals surface area contributed by atoms with E-state index in [-0.39, 0.29) is 18.0 Å². The van der Waals surface area contributed by atoms with Crippen LogP contribution in [0, 0.1) is 0 Å². The van der Waals surface area contributed by atoms with E-state index in [0.717, 1.165) is 82.8 Å². The highest BCUT2D eigenvalue weighted by Crippen LogP contribution is 2.48. The normalized spacial score (nSPS) is 21.8. The molecular weight excluding hydrogens is 882 g/mol. The molecule has 0 heterocycles. The van der Waals surface area contributed by atoms with Gasteiger partial charge in [-0.15, -0.1) is 0 Å². The molecule has 1 rings (SSSR count). The highest BCUT2D eigenvalue weighted by molar-refractivity contribution is 8.13. The molecule has 1 aliphatic carbocycles. The highest BCUT2D eigenvalue weighted by atomic mass is 32.2. The topological polar surface area (TPSA) is 273 Å². The number of aliphatic hydroxyl groups is 4. The molecule has 0 aromatic heterocycles. The highest BCUT2D eigenvalue weighted by Gasteiger charge is 2.54. The molecule has 63 heavy (non-hydrogen) atoms. The standard InChI is InChI=1S/C43H82O17P2S/c1-3-5-6-7-8-9-10-11-13-17-20-23-26-30-36(45)58-34(33-57-62(54,55)60-43-40(49)38(47)42(39(48)41(43)50)59-61(51,52)53)32-56-35(44)29-25-22-19-16-14-12-15-18-21-24-27-31-63-37(46)28-4-2/h34,38-43,47-50H,3-33H2,1-2H3,(H,54,55)(H2,51,52,53)/t34-,38-,39+,40?,41-,42?,43?/m1/s1. The Balaban J connectivity index is 2.54. The van der Waals surface area contributed by atoms with Gasteiger partial charge < -0.3 is 44.6 Å². The average molecular weight is 965 g/mol. The van der Waals surface area contributed by atoms with Crippen molar-refractivity contribution >= 4 is 44.5 Å². The van der Waals surface area contributed by atoms with Gasteiger partial charge in [-0.3, -0.25) is 28.0 Å². The van der Waals surface area contributed by atoms with Gasteiger partial charge in [0, 0.05) is 25.0 Å². The number of thioether (sulfide) groups is 1. The summed E-state index contributed by atoms with van der Waals surface area (Å²) in [5.41, 5.74) is 0. The van der Waals surface area contributed by atoms with Gasteiger partial charge in [-0.2, -0.15) is 0 Å². The van der Waals surface area contributed by atoms with E-state index in [9.17, 15) is 48.8 Å². The molecule has 1 aliphatic rings. The number of aliphatic hydroxyl groups excluding tert-OH is 4. The number of ether oxygens (including phenoxy) is 2. The summed E-state index contributed by atoms with van der Waals surface area (Å²) in [5, 5.41) is 41.7. The molecular formula is C43H82O17P2S. The molecule has 0 bridgehead atoms. The van der Waals surface area contributed by atoms with Crippen LogP contribution in [0.15, 0.2) is 0 Å². The Hall–Kier alpha value is -0.980. The lowest BCUT2D eigenvalue weighted by Crippen LogP contribution is -2.64. The summed E-state index contributed by atoms with van der Waals surface area (Å²) in [6.45, 7) is 2.90. The second kappa shape index (κ2) is 36.1. The predicted octanol–water partition coefficient (Wildman–Crippen LogP) is 8.10. The minimum Gasteiger partial charge on any atom is -0.462 e. The van der Waals surface area contributed by atoms with Gasteiger partial charge in [0.2, 0.25) is 0 Å². The van der Waals surface area contributed by atoms with Crippen LogP contribution in [0.3, 0.4) is 0 Å². The number of phosphoric ester groups is 2. The van der Waals surface area contributed by atoms with Crippen LogP contribution in [0.2, 0.25) is 0 Å². The summed E-state index contributed by atoms with van der Waals surface area (Å²) >= 11 is 1.45. The van der Waals surface area contributed by atoms with Crippen LogP contribution in [0.25, 0.3) is 0 Å². The lowest BCUT2D eigenvalue weighted by molar-refractivity contribution is -0.216. The van der Waals surface area contributed by atoms with Crippen molar-refractivity contribution in [1.82, 2.24) is 0 Å². The number of rotatable bonds is 40. The van der Waals surface area contributed by atoms with Crippen LogP contribution < -0.4 is 0 Å². The number of unbranched alkanes of at least 4 members (excludes halogenated alkanes) is 22. The maximum absolute atomic E-state index is 12.9. The van der Waals surface area contributed by atoms with Gasteiger partial charge >= 0.3 is 27.6 Å². The van der Waals surface area contributed by atoms with Crippen molar-refractivity contribution in [1.29, 1.82) is 0 Å². The second-order valence-corrected chi connectivity index (χ2v) is 20.5. The number of phosphoric acid groups is 2. The zero-order chi connectivity index (χ0) is 46.9. The molecule has 0 aliphatic heterocycles. The largest absolute Gasteiger partial charge is 0.472 e. The maximum atomic E-state index is 12.9. The average Bonchev–Trinajstić information content (AvgIpc) is 3.23. The Morgan fingerprint density at radius 1 is 0.508 bits per heavy atom. The number of hydrogen-bond donors (Lipinski definition) is 7. The Morgan fingerprint density at radius 2 is 0.905 bits per heavy atom. The fourth-order valence-corrected chi connectivity index (χ4v) is 9.75. The third-order valence-corrected chi connectivity index (χ3v) is 13.5. The molecule has 0 radical (unpaired) electrons. The van der Waals surface area contributed by atoms with Crippen molar-refractivity contribution in [2.45, 2.75) is 236 Å². The quantitative estimate of drug-likeness (QED) is 0.0174. The lowest BCUT2D eigenvalue weighted by Gasteiger charge is -2.43. The first-order valence-electron chi connectivity index (χ1n) is 23.6. The molecule has 7 N–H and O–H groups in total. The Labute approximate surface area is 380 Å². The van der Waals surface area contributed by atoms with Gasteiger partial charge in [-0.05, 0) is 25.7 Å². The van der Waals surface area contributed by atoms with E-state index < -0.39 is 83.5 Å². The van der Waals surface area contributed by atoms with E-state index >= 15 is 0 Å². The molecule has 1 fully saturated rings. The van der Waals surface area contributed by atoms with Gasteiger partial charge in [0.1, 0.15) is 43.2 Å². The summed E-state index contributed by atoms with van der Waals surface area (Å²) in [7, 11) is -10.6. The van der Waals surface area contributed by atoms with Gasteiger partial charge in [0.25, 0.3) is 0 Å². The molecule has 0 amide bonds. The van der Waals surface area contributed by atoms with Crippen molar-refractivity contribution in [2.75, 3.05) is 19.0 Å². The van der Waals surface area contributed by atoms with E-state index in [1.165, 1.54) is 82.4 Å². The first kappa shape index (κ1) is 60.0. The zero-order valence-corrected chi connectivity index (χ0v) is 40.6. The van der Waals surface area contributed by atoms with Crippen LogP contribution in [0.1, 0.15) is 194 Å². The predicted molar refractivity (Wildman–Crippen MR) is 241 cm³/mol. The first-order chi connectivity index (χ1) is 30.0. The monoisotopic (exact) mass is 964 g/mol. The van der Waals surface area contributed by atoms with E-state index in [1.807, 2.05) is 6.92 Å². The summed E-state index contributed by atoms with van der Waals surface area (Å²) in [5.74, 6) is -0.303. The van der Waals surface area contributed by atoms with E-state index in [4.69, 9.17) is 28.3 Å². The Morgan fingerprint density at radius 3 is 1.33 bits per heavy atom. The lowest BCUT2D eigenvalue weighted by atomic mass is 9.85. The molecule has 4 unspecified atom stereocenters. The van der Waals surface area contributed by atoms with Crippen molar-refractivity contribution in [3.63, 3.8) is 0 Å². The van der Waals surface area contributed by atoms with Gasteiger partial charge in [0.05, 0.1) is 6.61 Å². The second-order valence-electron chi connectivity index (χ2n) is 16.8. The smallest absolute Gasteiger partial charge is 0.462 e. The van der Waals surface area contributed by atoms with E-state index in [2.05, 4.69) is 11.4 Å². The summed E-state index contributed by atoms with van der Waals surface area (Å²) in [6.07, 6.45) is 12.9. The van der Waals surface area contributed by atoms with Crippen molar-refractivity contribution in [2.24, 2.45) is 0 Å². The van der Waals surface area contributed by atoms with Crippen molar-refractivity contribution in [3.8, 4) is 0 Å². The molecule has 17 nitrogen and oxygen atoms in total. The number of hydrogen-bond acceptors (Lipinski definition) is 15. The molecule has 0 spiro atoms. The fraction of sp³-hybridized carbons (Fsp3) is 0.930. The molecule has 0 aromatic carbocycles. The molecule has 372 valence electrons. The third-order valence-electron chi connectivity index (χ3n) is 10.9. The third kappa shape index (κ3) is 30.8. The fourth-order valence-electron chi connectivity index (χ4n) is 7.28. The first-order valence-corrected chi connectivity index (χ1v) is 27.6. The van der Waals surface area contributed by atoms with Crippen LogP contribution in [-0.2, 0) is 46.6 Å². The minimum atomic E-state index is -5.31. The van der Waals surface area contributed by atoms with Gasteiger partial charge in [-0.25, -0.2) is 9.13 Å². The van der Waals surface area contributed by atoms with Gasteiger partial charge in [-0.1, -0.05) is 160 Å². The zero-order valence-electron chi connectivity index (χ0n) is 38.0. The summed E-state index contributed by atoms with van der Waals surface area (Å²) in [4.78, 5) is 65.6. The maximum Gasteiger partial charge on any atom is 0.472 e. The number of carbonyl (C=O) groups excluding carboxylic acids is 3. The Kier molecular flexibility index (Phi) is 34.4. The van der Waals surface area contributed by atoms with Crippen LogP contribution >= 0.6 is 27.4 Å². The number of carbonyl (C=O) groups is 3. The van der Waals surface area contributed by atoms with E-state index in [0.29, 0.717) is 19.3 Å². The molecule has 8 atom stereocenters. The van der Waals surface area contributed by atoms with E-state index in [1.54, 1.807) is 0 Å². The Bertz CT molecular complexity index is 1290. The van der Waals surface area contributed by atoms with Crippen molar-refractivity contribution in [3.05, 3.63) is 0 Å². The van der Waals surface area contributed by atoms with Crippen LogP contribution in [-0.4, -0.2) is 114 Å². The molecule has 1 saturated carbocycles. The summed E-state index contributed by atoms with van der Waals surface area (Å²) in [6, 6.07) is 0. The SMILES string of the molecule is CCCCCCCCCCCCCCCC(=O)O[C@H](COC(=O)CCCCCCCCCCCCCSC(=O)CCC)COP(=O)(O)OC1C(O)[C@@H](O)C(OP(=O)(O)O)[C@@H](O)[C@H]1O.